The number of hydrogen-bond acceptors (Lipinski definition) is 6. The van der Waals surface area contributed by atoms with Gasteiger partial charge in [0.05, 0.1) is 11.8 Å². The van der Waals surface area contributed by atoms with Crippen molar-refractivity contribution in [1.29, 1.82) is 0 Å². The summed E-state index contributed by atoms with van der Waals surface area (Å²) < 4.78 is 29.9. The predicted molar refractivity (Wildman–Crippen MR) is 112 cm³/mol. The molecule has 1 aromatic heterocycles. The zero-order valence-corrected chi connectivity index (χ0v) is 18.1. The van der Waals surface area contributed by atoms with Crippen LogP contribution >= 0.6 is 0 Å². The second kappa shape index (κ2) is 9.86. The van der Waals surface area contributed by atoms with E-state index in [0.717, 1.165) is 44.5 Å². The molecule has 1 saturated heterocycles. The third-order valence-electron chi connectivity index (χ3n) is 5.90. The Morgan fingerprint density at radius 3 is 2.55 bits per heavy atom. The van der Waals surface area contributed by atoms with E-state index in [2.05, 4.69) is 15.6 Å². The van der Waals surface area contributed by atoms with Crippen molar-refractivity contribution in [2.24, 2.45) is 11.8 Å². The number of hydrogen-bond donors (Lipinski definition) is 2. The highest BCUT2D eigenvalue weighted by molar-refractivity contribution is 7.88. The first-order valence-corrected chi connectivity index (χ1v) is 12.1. The van der Waals surface area contributed by atoms with Gasteiger partial charge in [-0.3, -0.25) is 4.79 Å². The second-order valence-electron chi connectivity index (χ2n) is 8.24. The van der Waals surface area contributed by atoms with Crippen LogP contribution in [0.2, 0.25) is 0 Å². The molecular formula is C20H32N4O4S. The summed E-state index contributed by atoms with van der Waals surface area (Å²) >= 11 is 0. The number of sulfonamides is 1. The molecule has 8 nitrogen and oxygen atoms in total. The Morgan fingerprint density at radius 1 is 1.21 bits per heavy atom. The zero-order chi connectivity index (χ0) is 20.9. The highest BCUT2D eigenvalue weighted by Gasteiger charge is 2.28. The summed E-state index contributed by atoms with van der Waals surface area (Å²) in [6.45, 7) is 2.29. The molecule has 1 amide bonds. The molecule has 0 aromatic carbocycles. The van der Waals surface area contributed by atoms with Crippen LogP contribution in [0.4, 0.5) is 5.82 Å². The molecule has 162 valence electrons. The number of anilines is 1. The molecule has 2 aliphatic rings. The van der Waals surface area contributed by atoms with E-state index in [-0.39, 0.29) is 11.8 Å². The summed E-state index contributed by atoms with van der Waals surface area (Å²) in [6.07, 6.45) is 8.09. The van der Waals surface area contributed by atoms with E-state index in [0.29, 0.717) is 37.2 Å². The maximum atomic E-state index is 12.4. The van der Waals surface area contributed by atoms with E-state index < -0.39 is 10.0 Å². The molecule has 0 spiro atoms. The molecule has 2 N–H and O–H groups in total. The van der Waals surface area contributed by atoms with Crippen molar-refractivity contribution < 1.29 is 17.9 Å². The van der Waals surface area contributed by atoms with Gasteiger partial charge in [-0.05, 0) is 56.1 Å². The van der Waals surface area contributed by atoms with E-state index >= 15 is 0 Å². The average Bonchev–Trinajstić information content (AvgIpc) is 3.18. The van der Waals surface area contributed by atoms with Crippen molar-refractivity contribution >= 4 is 21.7 Å². The fourth-order valence-corrected chi connectivity index (χ4v) is 5.05. The quantitative estimate of drug-likeness (QED) is 0.659. The summed E-state index contributed by atoms with van der Waals surface area (Å²) in [4.78, 5) is 16.8. The minimum absolute atomic E-state index is 0.149. The Bertz CT molecular complexity index is 776. The highest BCUT2D eigenvalue weighted by Crippen LogP contribution is 2.26. The van der Waals surface area contributed by atoms with E-state index in [1.165, 1.54) is 10.6 Å². The molecule has 29 heavy (non-hydrogen) atoms. The van der Waals surface area contributed by atoms with Crippen molar-refractivity contribution in [3.05, 3.63) is 23.9 Å². The molecule has 1 aromatic rings. The van der Waals surface area contributed by atoms with Crippen molar-refractivity contribution in [3.63, 3.8) is 0 Å². The van der Waals surface area contributed by atoms with Crippen LogP contribution in [0.5, 0.6) is 0 Å². The van der Waals surface area contributed by atoms with Crippen LogP contribution in [0.15, 0.2) is 18.3 Å². The van der Waals surface area contributed by atoms with E-state index in [4.69, 9.17) is 4.74 Å². The van der Waals surface area contributed by atoms with Gasteiger partial charge >= 0.3 is 0 Å². The minimum atomic E-state index is -3.15. The summed E-state index contributed by atoms with van der Waals surface area (Å²) in [7, 11) is -1.40. The lowest BCUT2D eigenvalue weighted by Crippen LogP contribution is -2.32. The second-order valence-corrected chi connectivity index (χ2v) is 10.2. The molecule has 1 aliphatic carbocycles. The van der Waals surface area contributed by atoms with Crippen LogP contribution in [-0.2, 0) is 14.8 Å². The van der Waals surface area contributed by atoms with Gasteiger partial charge in [0.1, 0.15) is 5.82 Å². The molecule has 2 fully saturated rings. The van der Waals surface area contributed by atoms with E-state index in [1.54, 1.807) is 19.4 Å². The van der Waals surface area contributed by atoms with E-state index in [1.807, 2.05) is 6.07 Å². The van der Waals surface area contributed by atoms with Gasteiger partial charge in [0.25, 0.3) is 5.91 Å². The first kappa shape index (κ1) is 22.0. The Kier molecular flexibility index (Phi) is 7.48. The van der Waals surface area contributed by atoms with Crippen molar-refractivity contribution in [3.8, 4) is 0 Å². The first-order valence-electron chi connectivity index (χ1n) is 10.3. The van der Waals surface area contributed by atoms with Gasteiger partial charge in [0, 0.05) is 45.6 Å². The number of nitrogens with one attached hydrogen (secondary N) is 2. The largest absolute Gasteiger partial charge is 0.384 e. The topological polar surface area (TPSA) is 101 Å². The highest BCUT2D eigenvalue weighted by atomic mass is 32.2. The summed E-state index contributed by atoms with van der Waals surface area (Å²) in [5.41, 5.74) is 0.511. The van der Waals surface area contributed by atoms with Crippen LogP contribution in [0, 0.1) is 11.8 Å². The number of carbonyl (C=O) groups is 1. The van der Waals surface area contributed by atoms with Gasteiger partial charge in [-0.15, -0.1) is 0 Å². The van der Waals surface area contributed by atoms with Crippen LogP contribution in [0.25, 0.3) is 0 Å². The number of ether oxygens (including phenoxy) is 1. The van der Waals surface area contributed by atoms with Gasteiger partial charge < -0.3 is 15.4 Å². The number of methoxy groups -OCH3 is 1. The lowest BCUT2D eigenvalue weighted by atomic mass is 9.86. The molecule has 1 unspecified atom stereocenters. The maximum Gasteiger partial charge on any atom is 0.252 e. The molecule has 2 heterocycles. The SMILES string of the molecule is COCC1CCC(Nc2ccc(C(=O)NCC3CCN(S(C)(=O)=O)C3)cn2)CC1. The molecule has 1 saturated carbocycles. The standard InChI is InChI=1S/C20H32N4O4S/c1-28-14-15-3-6-18(7-4-15)23-19-8-5-17(12-21-19)20(25)22-11-16-9-10-24(13-16)29(2,26)27/h5,8,12,15-16,18H,3-4,6-7,9-11,13-14H2,1-2H3,(H,21,23)(H,22,25). The first-order chi connectivity index (χ1) is 13.8. The molecular weight excluding hydrogens is 392 g/mol. The molecule has 3 rings (SSSR count). The lowest BCUT2D eigenvalue weighted by Gasteiger charge is -2.29. The molecule has 9 heteroatoms. The van der Waals surface area contributed by atoms with Gasteiger partial charge in [-0.2, -0.15) is 0 Å². The van der Waals surface area contributed by atoms with Crippen LogP contribution < -0.4 is 10.6 Å². The number of pyridine rings is 1. The molecule has 1 aliphatic heterocycles. The van der Waals surface area contributed by atoms with Gasteiger partial charge in [0.2, 0.25) is 10.0 Å². The Morgan fingerprint density at radius 2 is 1.97 bits per heavy atom. The number of amides is 1. The number of nitrogens with zero attached hydrogens (tertiary/aromatic N) is 2. The van der Waals surface area contributed by atoms with E-state index in [9.17, 15) is 13.2 Å². The Balaban J connectivity index is 1.42. The Hall–Kier alpha value is -1.71. The van der Waals surface area contributed by atoms with Gasteiger partial charge in [-0.1, -0.05) is 0 Å². The molecule has 0 bridgehead atoms. The summed E-state index contributed by atoms with van der Waals surface area (Å²) in [6, 6.07) is 4.03. The van der Waals surface area contributed by atoms with Crippen LogP contribution in [-0.4, -0.2) is 69.3 Å². The molecule has 0 radical (unpaired) electrons. The van der Waals surface area contributed by atoms with Gasteiger partial charge in [0.15, 0.2) is 0 Å². The van der Waals surface area contributed by atoms with Crippen LogP contribution in [0.3, 0.4) is 0 Å². The van der Waals surface area contributed by atoms with Crippen molar-refractivity contribution in [1.82, 2.24) is 14.6 Å². The van der Waals surface area contributed by atoms with Gasteiger partial charge in [-0.25, -0.2) is 17.7 Å². The predicted octanol–water partition coefficient (Wildman–Crippen LogP) is 1.71. The number of carbonyl (C=O) groups excluding carboxylic acids is 1. The lowest BCUT2D eigenvalue weighted by molar-refractivity contribution is 0.0947. The third kappa shape index (κ3) is 6.38. The average molecular weight is 425 g/mol. The molecule has 1 atom stereocenters. The minimum Gasteiger partial charge on any atom is -0.384 e. The summed E-state index contributed by atoms with van der Waals surface area (Å²) in [5.74, 6) is 1.41. The summed E-state index contributed by atoms with van der Waals surface area (Å²) in [5, 5.41) is 6.36. The monoisotopic (exact) mass is 424 g/mol. The Labute approximate surface area is 173 Å². The maximum absolute atomic E-state index is 12.4. The smallest absolute Gasteiger partial charge is 0.252 e. The zero-order valence-electron chi connectivity index (χ0n) is 17.3. The van der Waals surface area contributed by atoms with Crippen molar-refractivity contribution in [2.45, 2.75) is 38.1 Å². The fraction of sp³-hybridized carbons (Fsp3) is 0.700. The van der Waals surface area contributed by atoms with Crippen LogP contribution in [0.1, 0.15) is 42.5 Å². The third-order valence-corrected chi connectivity index (χ3v) is 7.17. The normalized spacial score (nSPS) is 25.7. The number of rotatable bonds is 8. The number of aromatic nitrogens is 1. The van der Waals surface area contributed by atoms with Crippen molar-refractivity contribution in [2.75, 3.05) is 44.9 Å². The fourth-order valence-electron chi connectivity index (χ4n) is 4.14.